The number of piperazine rings is 1. The van der Waals surface area contributed by atoms with Gasteiger partial charge in [0.15, 0.2) is 0 Å². The Balaban J connectivity index is 1.50. The standard InChI is InChI=1S/C19H23N3O2S2/c1-20-10-12-21(13-11-20)17(23)8-5-9-22-18(25)16(26-19(22)24)14-15-6-3-2-4-7-15/h2-4,6-7,14H,5,8-13H2,1H3/p+1/b16-14-. The van der Waals surface area contributed by atoms with Crippen LogP contribution in [0, 0.1) is 0 Å². The fourth-order valence-corrected chi connectivity index (χ4v) is 4.37. The molecule has 2 aliphatic rings. The highest BCUT2D eigenvalue weighted by molar-refractivity contribution is 8.19. The zero-order chi connectivity index (χ0) is 18.5. The minimum atomic E-state index is -0.0483. The van der Waals surface area contributed by atoms with Gasteiger partial charge in [0, 0.05) is 13.0 Å². The van der Waals surface area contributed by atoms with E-state index >= 15 is 0 Å². The van der Waals surface area contributed by atoms with E-state index in [9.17, 15) is 9.59 Å². The van der Waals surface area contributed by atoms with Gasteiger partial charge in [-0.2, -0.15) is 0 Å². The fourth-order valence-electron chi connectivity index (χ4n) is 3.08. The normalized spacial score (nSPS) is 20.3. The van der Waals surface area contributed by atoms with Crippen LogP contribution in [0.3, 0.4) is 0 Å². The first-order valence-electron chi connectivity index (χ1n) is 8.94. The van der Waals surface area contributed by atoms with Crippen molar-refractivity contribution in [3.05, 3.63) is 40.8 Å². The highest BCUT2D eigenvalue weighted by Crippen LogP contribution is 2.33. The molecule has 5 nitrogen and oxygen atoms in total. The first kappa shape index (κ1) is 19.1. The van der Waals surface area contributed by atoms with Crippen molar-refractivity contribution in [3.8, 4) is 0 Å². The monoisotopic (exact) mass is 390 g/mol. The van der Waals surface area contributed by atoms with Gasteiger partial charge in [0.2, 0.25) is 5.91 Å². The zero-order valence-corrected chi connectivity index (χ0v) is 16.6. The van der Waals surface area contributed by atoms with Crippen LogP contribution in [0.25, 0.3) is 6.08 Å². The van der Waals surface area contributed by atoms with Crippen molar-refractivity contribution in [3.63, 3.8) is 0 Å². The summed E-state index contributed by atoms with van der Waals surface area (Å²) in [6.45, 7) is 4.16. The maximum atomic E-state index is 12.3. The van der Waals surface area contributed by atoms with Crippen LogP contribution in [-0.4, -0.2) is 65.7 Å². The molecule has 2 amide bonds. The molecule has 1 aromatic rings. The molecule has 2 aliphatic heterocycles. The third kappa shape index (κ3) is 4.72. The number of thiocarbonyl (C=S) groups is 1. The lowest BCUT2D eigenvalue weighted by atomic mass is 10.2. The second-order valence-corrected chi connectivity index (χ2v) is 8.07. The number of nitrogens with one attached hydrogen (secondary N) is 1. The van der Waals surface area contributed by atoms with Gasteiger partial charge in [0.1, 0.15) is 4.99 Å². The highest BCUT2D eigenvalue weighted by atomic mass is 32.2. The van der Waals surface area contributed by atoms with Crippen molar-refractivity contribution in [2.75, 3.05) is 39.8 Å². The third-order valence-electron chi connectivity index (χ3n) is 4.71. The fraction of sp³-hybridized carbons (Fsp3) is 0.421. The largest absolute Gasteiger partial charge is 0.334 e. The van der Waals surface area contributed by atoms with Gasteiger partial charge in [-0.25, -0.2) is 0 Å². The predicted molar refractivity (Wildman–Crippen MR) is 109 cm³/mol. The molecule has 0 unspecified atom stereocenters. The number of carbonyl (C=O) groups excluding carboxylic acids is 2. The number of carbonyl (C=O) groups is 2. The number of benzene rings is 1. The molecular formula is C19H24N3O2S2+. The average molecular weight is 391 g/mol. The van der Waals surface area contributed by atoms with E-state index in [2.05, 4.69) is 7.05 Å². The first-order valence-corrected chi connectivity index (χ1v) is 10.2. The summed E-state index contributed by atoms with van der Waals surface area (Å²) in [5.41, 5.74) is 1.03. The van der Waals surface area contributed by atoms with Crippen LogP contribution in [-0.2, 0) is 4.79 Å². The van der Waals surface area contributed by atoms with Gasteiger partial charge in [-0.1, -0.05) is 42.5 Å². The quantitative estimate of drug-likeness (QED) is 0.614. The minimum absolute atomic E-state index is 0.0483. The Morgan fingerprint density at radius 2 is 1.96 bits per heavy atom. The number of hydrogen-bond donors (Lipinski definition) is 1. The van der Waals surface area contributed by atoms with Crippen molar-refractivity contribution in [1.29, 1.82) is 0 Å². The van der Waals surface area contributed by atoms with Crippen LogP contribution in [0.1, 0.15) is 18.4 Å². The lowest BCUT2D eigenvalue weighted by Gasteiger charge is -2.30. The summed E-state index contributed by atoms with van der Waals surface area (Å²) in [4.78, 5) is 31.0. The maximum Gasteiger partial charge on any atom is 0.291 e. The van der Waals surface area contributed by atoms with Crippen LogP contribution in [0.2, 0.25) is 0 Å². The number of amides is 2. The van der Waals surface area contributed by atoms with Crippen LogP contribution < -0.4 is 4.90 Å². The molecule has 2 saturated heterocycles. The predicted octanol–water partition coefficient (Wildman–Crippen LogP) is 1.66. The molecule has 0 saturated carbocycles. The van der Waals surface area contributed by atoms with Gasteiger partial charge in [-0.3, -0.25) is 14.5 Å². The summed E-state index contributed by atoms with van der Waals surface area (Å²) in [6.07, 6.45) is 3.06. The number of rotatable bonds is 5. The summed E-state index contributed by atoms with van der Waals surface area (Å²) in [5, 5.41) is -0.0483. The van der Waals surface area contributed by atoms with Gasteiger partial charge in [0.25, 0.3) is 5.24 Å². The Bertz CT molecular complexity index is 713. The van der Waals surface area contributed by atoms with Crippen LogP contribution in [0.15, 0.2) is 35.2 Å². The van der Waals surface area contributed by atoms with Crippen LogP contribution >= 0.6 is 24.0 Å². The molecule has 0 bridgehead atoms. The summed E-state index contributed by atoms with van der Waals surface area (Å²) >= 11 is 6.65. The molecule has 0 atom stereocenters. The molecular weight excluding hydrogens is 366 g/mol. The van der Waals surface area contributed by atoms with E-state index in [4.69, 9.17) is 12.2 Å². The van der Waals surface area contributed by atoms with E-state index in [0.29, 0.717) is 24.4 Å². The summed E-state index contributed by atoms with van der Waals surface area (Å²) in [7, 11) is 2.15. The molecule has 26 heavy (non-hydrogen) atoms. The van der Waals surface area contributed by atoms with E-state index in [0.717, 1.165) is 36.6 Å². The second kappa shape index (κ2) is 8.79. The molecule has 1 N–H and O–H groups in total. The van der Waals surface area contributed by atoms with Crippen molar-refractivity contribution in [1.82, 2.24) is 9.80 Å². The minimum Gasteiger partial charge on any atom is -0.334 e. The van der Waals surface area contributed by atoms with Crippen LogP contribution in [0.4, 0.5) is 4.79 Å². The third-order valence-corrected chi connectivity index (χ3v) is 6.21. The number of hydrogen-bond acceptors (Lipinski definition) is 4. The van der Waals surface area contributed by atoms with E-state index in [1.807, 2.05) is 41.3 Å². The Labute approximate surface area is 164 Å². The topological polar surface area (TPSA) is 45.1 Å². The second-order valence-electron chi connectivity index (χ2n) is 6.69. The number of thioether (sulfide) groups is 1. The Kier molecular flexibility index (Phi) is 6.45. The highest BCUT2D eigenvalue weighted by Gasteiger charge is 2.31. The smallest absolute Gasteiger partial charge is 0.291 e. The number of quaternary nitrogens is 1. The molecule has 0 aliphatic carbocycles. The number of nitrogens with zero attached hydrogens (tertiary/aromatic N) is 2. The molecule has 3 rings (SSSR count). The molecule has 0 aromatic heterocycles. The van der Waals surface area contributed by atoms with Gasteiger partial charge in [-0.05, 0) is 29.8 Å². The number of likely N-dealkylation sites (N-methyl/N-ethyl adjacent to an activating group) is 1. The molecule has 1 aromatic carbocycles. The van der Waals surface area contributed by atoms with Crippen LogP contribution in [0.5, 0.6) is 0 Å². The lowest BCUT2D eigenvalue weighted by Crippen LogP contribution is -3.12. The Hall–Kier alpha value is -1.70. The van der Waals surface area contributed by atoms with Gasteiger partial charge >= 0.3 is 0 Å². The Morgan fingerprint density at radius 3 is 2.65 bits per heavy atom. The average Bonchev–Trinajstić information content (AvgIpc) is 2.90. The maximum absolute atomic E-state index is 12.3. The van der Waals surface area contributed by atoms with E-state index in [1.54, 1.807) is 4.90 Å². The SMILES string of the molecule is C[NH+]1CCN(C(=O)CCCN2C(=O)S/C(=C\c3ccccc3)C2=S)CC1. The van der Waals surface area contributed by atoms with Crippen molar-refractivity contribution in [2.24, 2.45) is 0 Å². The van der Waals surface area contributed by atoms with Gasteiger partial charge in [-0.15, -0.1) is 0 Å². The molecule has 2 fully saturated rings. The molecule has 0 radical (unpaired) electrons. The van der Waals surface area contributed by atoms with Crippen molar-refractivity contribution < 1.29 is 14.5 Å². The van der Waals surface area contributed by atoms with E-state index < -0.39 is 0 Å². The lowest BCUT2D eigenvalue weighted by molar-refractivity contribution is -0.883. The molecule has 7 heteroatoms. The first-order chi connectivity index (χ1) is 12.5. The summed E-state index contributed by atoms with van der Waals surface area (Å²) < 4.78 is 0. The summed E-state index contributed by atoms with van der Waals surface area (Å²) in [5.74, 6) is 0.183. The summed E-state index contributed by atoms with van der Waals surface area (Å²) in [6, 6.07) is 9.85. The molecule has 138 valence electrons. The van der Waals surface area contributed by atoms with E-state index in [-0.39, 0.29) is 11.1 Å². The molecule has 0 spiro atoms. The van der Waals surface area contributed by atoms with E-state index in [1.165, 1.54) is 16.7 Å². The van der Waals surface area contributed by atoms with Crippen molar-refractivity contribution in [2.45, 2.75) is 12.8 Å². The van der Waals surface area contributed by atoms with Gasteiger partial charge in [0.05, 0.1) is 38.1 Å². The van der Waals surface area contributed by atoms with Gasteiger partial charge < -0.3 is 9.80 Å². The Morgan fingerprint density at radius 1 is 1.27 bits per heavy atom. The molecule has 2 heterocycles. The zero-order valence-electron chi connectivity index (χ0n) is 14.9. The van der Waals surface area contributed by atoms with Crippen molar-refractivity contribution >= 4 is 46.2 Å².